The highest BCUT2D eigenvalue weighted by Gasteiger charge is 2.14. The van der Waals surface area contributed by atoms with E-state index >= 15 is 0 Å². The Bertz CT molecular complexity index is 692. The van der Waals surface area contributed by atoms with Crippen LogP contribution in [0.2, 0.25) is 0 Å². The number of hydrogen-bond acceptors (Lipinski definition) is 4. The zero-order valence-corrected chi connectivity index (χ0v) is 13.5. The first-order valence-corrected chi connectivity index (χ1v) is 7.84. The first kappa shape index (κ1) is 15.3. The van der Waals surface area contributed by atoms with E-state index in [-0.39, 0.29) is 5.91 Å². The molecule has 0 unspecified atom stereocenters. The van der Waals surface area contributed by atoms with Crippen LogP contribution in [-0.2, 0) is 0 Å². The molecule has 23 heavy (non-hydrogen) atoms. The van der Waals surface area contributed by atoms with E-state index in [1.165, 1.54) is 12.8 Å². The largest absolute Gasteiger partial charge is 0.496 e. The second-order valence-electron chi connectivity index (χ2n) is 5.74. The number of methoxy groups -OCH3 is 1. The van der Waals surface area contributed by atoms with Crippen molar-refractivity contribution in [2.24, 2.45) is 0 Å². The van der Waals surface area contributed by atoms with E-state index in [0.717, 1.165) is 24.5 Å². The van der Waals surface area contributed by atoms with E-state index in [1.54, 1.807) is 25.4 Å². The van der Waals surface area contributed by atoms with Gasteiger partial charge in [0.2, 0.25) is 0 Å². The Labute approximate surface area is 136 Å². The molecule has 2 aromatic rings. The molecule has 0 atom stereocenters. The van der Waals surface area contributed by atoms with Gasteiger partial charge in [-0.15, -0.1) is 0 Å². The number of amides is 1. The summed E-state index contributed by atoms with van der Waals surface area (Å²) in [6, 6.07) is 9.26. The molecule has 0 saturated carbocycles. The lowest BCUT2D eigenvalue weighted by Crippen LogP contribution is -2.19. The van der Waals surface area contributed by atoms with E-state index in [9.17, 15) is 4.79 Å². The van der Waals surface area contributed by atoms with E-state index in [4.69, 9.17) is 4.74 Å². The van der Waals surface area contributed by atoms with Gasteiger partial charge in [0.25, 0.3) is 5.91 Å². The fourth-order valence-electron chi connectivity index (χ4n) is 2.76. The summed E-state index contributed by atoms with van der Waals surface area (Å²) in [7, 11) is 1.60. The molecule has 1 aromatic carbocycles. The SMILES string of the molecule is COc1cc(C(=O)Nc2ccc(N3CCCC3)nc2)ccc1C. The van der Waals surface area contributed by atoms with Crippen molar-refractivity contribution in [1.82, 2.24) is 4.98 Å². The standard InChI is InChI=1S/C18H21N3O2/c1-13-5-6-14(11-16(13)23-2)18(22)20-15-7-8-17(19-12-15)21-9-3-4-10-21/h5-8,11-12H,3-4,9-10H2,1-2H3,(H,20,22). The summed E-state index contributed by atoms with van der Waals surface area (Å²) in [5.74, 6) is 1.51. The number of rotatable bonds is 4. The van der Waals surface area contributed by atoms with Gasteiger partial charge in [-0.2, -0.15) is 0 Å². The molecule has 1 saturated heterocycles. The number of aromatic nitrogens is 1. The third-order valence-corrected chi connectivity index (χ3v) is 4.11. The number of anilines is 2. The van der Waals surface area contributed by atoms with Crippen molar-refractivity contribution in [1.29, 1.82) is 0 Å². The minimum Gasteiger partial charge on any atom is -0.496 e. The van der Waals surface area contributed by atoms with Gasteiger partial charge in [-0.1, -0.05) is 6.07 Å². The molecule has 0 spiro atoms. The zero-order valence-electron chi connectivity index (χ0n) is 13.5. The molecule has 5 heteroatoms. The number of nitrogens with one attached hydrogen (secondary N) is 1. The van der Waals surface area contributed by atoms with Crippen molar-refractivity contribution in [2.45, 2.75) is 19.8 Å². The maximum absolute atomic E-state index is 12.3. The summed E-state index contributed by atoms with van der Waals surface area (Å²) in [5.41, 5.74) is 2.26. The van der Waals surface area contributed by atoms with Gasteiger partial charge in [-0.3, -0.25) is 4.79 Å². The van der Waals surface area contributed by atoms with E-state index in [2.05, 4.69) is 15.2 Å². The smallest absolute Gasteiger partial charge is 0.255 e. The predicted octanol–water partition coefficient (Wildman–Crippen LogP) is 3.25. The number of aryl methyl sites for hydroxylation is 1. The fourth-order valence-corrected chi connectivity index (χ4v) is 2.76. The number of carbonyl (C=O) groups excluding carboxylic acids is 1. The van der Waals surface area contributed by atoms with Crippen LogP contribution in [0.15, 0.2) is 36.5 Å². The van der Waals surface area contributed by atoms with Gasteiger partial charge < -0.3 is 15.0 Å². The third-order valence-electron chi connectivity index (χ3n) is 4.11. The number of benzene rings is 1. The maximum Gasteiger partial charge on any atom is 0.255 e. The maximum atomic E-state index is 12.3. The molecule has 1 aromatic heterocycles. The minimum atomic E-state index is -0.168. The third kappa shape index (κ3) is 3.44. The van der Waals surface area contributed by atoms with Gasteiger partial charge >= 0.3 is 0 Å². The van der Waals surface area contributed by atoms with Crippen LogP contribution in [0, 0.1) is 6.92 Å². The molecule has 0 radical (unpaired) electrons. The zero-order chi connectivity index (χ0) is 16.2. The Hall–Kier alpha value is -2.56. The van der Waals surface area contributed by atoms with Crippen LogP contribution in [-0.4, -0.2) is 31.1 Å². The Balaban J connectivity index is 1.70. The average molecular weight is 311 g/mol. The molecule has 5 nitrogen and oxygen atoms in total. The molecule has 1 amide bonds. The van der Waals surface area contributed by atoms with E-state index in [1.807, 2.05) is 25.1 Å². The molecule has 120 valence electrons. The quantitative estimate of drug-likeness (QED) is 0.941. The van der Waals surface area contributed by atoms with Crippen molar-refractivity contribution in [3.05, 3.63) is 47.7 Å². The molecule has 1 aliphatic heterocycles. The summed E-state index contributed by atoms with van der Waals surface area (Å²) >= 11 is 0. The molecule has 1 aliphatic rings. The number of hydrogen-bond donors (Lipinski definition) is 1. The first-order valence-electron chi connectivity index (χ1n) is 7.84. The van der Waals surface area contributed by atoms with Crippen molar-refractivity contribution >= 4 is 17.4 Å². The number of pyridine rings is 1. The second kappa shape index (κ2) is 6.69. The van der Waals surface area contributed by atoms with Crippen LogP contribution in [0.4, 0.5) is 11.5 Å². The average Bonchev–Trinajstić information content (AvgIpc) is 3.10. The summed E-state index contributed by atoms with van der Waals surface area (Å²) in [4.78, 5) is 19.0. The molecule has 1 N–H and O–H groups in total. The fraction of sp³-hybridized carbons (Fsp3) is 0.333. The lowest BCUT2D eigenvalue weighted by molar-refractivity contribution is 0.102. The van der Waals surface area contributed by atoms with Gasteiger partial charge in [-0.25, -0.2) is 4.98 Å². The van der Waals surface area contributed by atoms with Crippen LogP contribution in [0.3, 0.4) is 0 Å². The monoisotopic (exact) mass is 311 g/mol. The molecule has 0 bridgehead atoms. The Morgan fingerprint density at radius 2 is 2.00 bits per heavy atom. The van der Waals surface area contributed by atoms with Gasteiger partial charge in [0.15, 0.2) is 0 Å². The van der Waals surface area contributed by atoms with Gasteiger partial charge in [0.1, 0.15) is 11.6 Å². The van der Waals surface area contributed by atoms with Crippen LogP contribution >= 0.6 is 0 Å². The minimum absolute atomic E-state index is 0.168. The number of carbonyl (C=O) groups is 1. The predicted molar refractivity (Wildman–Crippen MR) is 91.4 cm³/mol. The van der Waals surface area contributed by atoms with Crippen LogP contribution < -0.4 is 15.0 Å². The molecular weight excluding hydrogens is 290 g/mol. The molecular formula is C18H21N3O2. The Morgan fingerprint density at radius 1 is 1.22 bits per heavy atom. The van der Waals surface area contributed by atoms with Crippen molar-refractivity contribution < 1.29 is 9.53 Å². The van der Waals surface area contributed by atoms with Gasteiger partial charge in [-0.05, 0) is 49.6 Å². The van der Waals surface area contributed by atoms with Crippen molar-refractivity contribution in [3.8, 4) is 5.75 Å². The van der Waals surface area contributed by atoms with E-state index in [0.29, 0.717) is 17.0 Å². The summed E-state index contributed by atoms with van der Waals surface area (Å²) in [6.07, 6.45) is 4.14. The summed E-state index contributed by atoms with van der Waals surface area (Å²) < 4.78 is 5.26. The van der Waals surface area contributed by atoms with E-state index < -0.39 is 0 Å². The van der Waals surface area contributed by atoms with Crippen LogP contribution in [0.1, 0.15) is 28.8 Å². The van der Waals surface area contributed by atoms with Crippen molar-refractivity contribution in [2.75, 3.05) is 30.4 Å². The van der Waals surface area contributed by atoms with Gasteiger partial charge in [0.05, 0.1) is 19.0 Å². The summed E-state index contributed by atoms with van der Waals surface area (Å²) in [5, 5.41) is 2.87. The topological polar surface area (TPSA) is 54.5 Å². The Kier molecular flexibility index (Phi) is 4.46. The van der Waals surface area contributed by atoms with Crippen molar-refractivity contribution in [3.63, 3.8) is 0 Å². The van der Waals surface area contributed by atoms with Gasteiger partial charge in [0, 0.05) is 18.7 Å². The lowest BCUT2D eigenvalue weighted by Gasteiger charge is -2.16. The number of nitrogens with zero attached hydrogens (tertiary/aromatic N) is 2. The highest BCUT2D eigenvalue weighted by Crippen LogP contribution is 2.21. The number of ether oxygens (including phenoxy) is 1. The molecule has 0 aliphatic carbocycles. The van der Waals surface area contributed by atoms with Crippen LogP contribution in [0.25, 0.3) is 0 Å². The highest BCUT2D eigenvalue weighted by atomic mass is 16.5. The normalized spacial score (nSPS) is 13.9. The second-order valence-corrected chi connectivity index (χ2v) is 5.74. The molecule has 2 heterocycles. The lowest BCUT2D eigenvalue weighted by atomic mass is 10.1. The summed E-state index contributed by atoms with van der Waals surface area (Å²) in [6.45, 7) is 4.06. The Morgan fingerprint density at radius 3 is 2.65 bits per heavy atom. The first-order chi connectivity index (χ1) is 11.2. The molecule has 1 fully saturated rings. The highest BCUT2D eigenvalue weighted by molar-refractivity contribution is 6.04. The van der Waals surface area contributed by atoms with Crippen LogP contribution in [0.5, 0.6) is 5.75 Å². The molecule has 3 rings (SSSR count).